The van der Waals surface area contributed by atoms with E-state index in [9.17, 15) is 5.11 Å². The van der Waals surface area contributed by atoms with Crippen molar-refractivity contribution in [2.45, 2.75) is 119 Å². The van der Waals surface area contributed by atoms with E-state index in [0.717, 1.165) is 30.1 Å². The molecule has 2 spiro atoms. The van der Waals surface area contributed by atoms with Crippen molar-refractivity contribution in [3.63, 3.8) is 0 Å². The average molecular weight is 427 g/mol. The summed E-state index contributed by atoms with van der Waals surface area (Å²) in [6.45, 7) is 17.4. The van der Waals surface area contributed by atoms with Gasteiger partial charge in [0.05, 0.1) is 6.10 Å². The SMILES string of the molecule is CC(C)C=CCC(C)C1CCC2(C)C3CCC4C(C)(C)C(O)CCC45CC35CCC12C. The first kappa shape index (κ1) is 22.5. The molecule has 1 nitrogen and oxygen atoms in total. The third kappa shape index (κ3) is 2.71. The van der Waals surface area contributed by atoms with Gasteiger partial charge in [-0.3, -0.25) is 0 Å². The second kappa shape index (κ2) is 6.86. The predicted octanol–water partition coefficient (Wildman–Crippen LogP) is 8.02. The Morgan fingerprint density at radius 3 is 2.19 bits per heavy atom. The summed E-state index contributed by atoms with van der Waals surface area (Å²) in [4.78, 5) is 0. The van der Waals surface area contributed by atoms with Gasteiger partial charge in [-0.2, -0.15) is 0 Å². The molecule has 5 fully saturated rings. The van der Waals surface area contributed by atoms with E-state index in [1.165, 1.54) is 57.8 Å². The highest BCUT2D eigenvalue weighted by Crippen LogP contribution is 2.89. The molecular weight excluding hydrogens is 376 g/mol. The number of fused-ring (bicyclic) bond motifs is 2. The molecule has 0 aromatic carbocycles. The minimum Gasteiger partial charge on any atom is -0.393 e. The van der Waals surface area contributed by atoms with E-state index in [0.29, 0.717) is 27.6 Å². The molecule has 1 N–H and O–H groups in total. The monoisotopic (exact) mass is 426 g/mol. The Bertz CT molecular complexity index is 750. The maximum Gasteiger partial charge on any atom is 0.0594 e. The fraction of sp³-hybridized carbons (Fsp3) is 0.933. The third-order valence-electron chi connectivity index (χ3n) is 12.9. The normalized spacial score (nSPS) is 53.6. The quantitative estimate of drug-likeness (QED) is 0.451. The van der Waals surface area contributed by atoms with Crippen molar-refractivity contribution in [3.05, 3.63) is 12.2 Å². The van der Waals surface area contributed by atoms with E-state index in [4.69, 9.17) is 0 Å². The van der Waals surface area contributed by atoms with Crippen LogP contribution in [0.1, 0.15) is 113 Å². The number of aliphatic hydroxyl groups excluding tert-OH is 1. The van der Waals surface area contributed by atoms with Gasteiger partial charge in [0.25, 0.3) is 0 Å². The second-order valence-corrected chi connectivity index (χ2v) is 14.4. The van der Waals surface area contributed by atoms with E-state index in [1.54, 1.807) is 0 Å². The van der Waals surface area contributed by atoms with Crippen LogP contribution in [0.25, 0.3) is 0 Å². The molecule has 0 radical (unpaired) electrons. The molecule has 5 saturated carbocycles. The highest BCUT2D eigenvalue weighted by molar-refractivity contribution is 5.30. The molecule has 5 aliphatic rings. The van der Waals surface area contributed by atoms with Crippen molar-refractivity contribution in [2.24, 2.45) is 56.7 Å². The molecule has 0 aromatic heterocycles. The Hall–Kier alpha value is -0.300. The van der Waals surface area contributed by atoms with Crippen molar-refractivity contribution in [1.29, 1.82) is 0 Å². The molecule has 0 amide bonds. The predicted molar refractivity (Wildman–Crippen MR) is 131 cm³/mol. The van der Waals surface area contributed by atoms with Crippen molar-refractivity contribution >= 4 is 0 Å². The lowest BCUT2D eigenvalue weighted by atomic mass is 9.42. The standard InChI is InChI=1S/C30H50O/c1-20(2)9-8-10-21(3)22-13-15-28(7)24-12-11-23-26(4,5)25(31)14-16-29(23)19-30(24,29)18-17-27(22,28)6/h8-9,20-25,31H,10-19H2,1-7H3. The van der Waals surface area contributed by atoms with Gasteiger partial charge in [-0.15, -0.1) is 0 Å². The fourth-order valence-electron chi connectivity index (χ4n) is 11.0. The molecule has 5 aliphatic carbocycles. The molecule has 0 aliphatic heterocycles. The molecule has 5 rings (SSSR count). The van der Waals surface area contributed by atoms with E-state index in [1.807, 2.05) is 0 Å². The van der Waals surface area contributed by atoms with Crippen LogP contribution < -0.4 is 0 Å². The molecule has 0 bridgehead atoms. The molecule has 9 unspecified atom stereocenters. The molecule has 176 valence electrons. The van der Waals surface area contributed by atoms with Crippen LogP contribution in [0.5, 0.6) is 0 Å². The van der Waals surface area contributed by atoms with E-state index >= 15 is 0 Å². The highest BCUT2D eigenvalue weighted by Gasteiger charge is 2.82. The zero-order chi connectivity index (χ0) is 22.4. The minimum absolute atomic E-state index is 0.0858. The molecule has 0 heterocycles. The topological polar surface area (TPSA) is 20.2 Å². The number of aliphatic hydroxyl groups is 1. The van der Waals surface area contributed by atoms with Crippen LogP contribution in [0.2, 0.25) is 0 Å². The Morgan fingerprint density at radius 2 is 1.48 bits per heavy atom. The molecule has 1 heteroatoms. The zero-order valence-electron chi connectivity index (χ0n) is 21.6. The second-order valence-electron chi connectivity index (χ2n) is 14.4. The lowest BCUT2D eigenvalue weighted by molar-refractivity contribution is -0.161. The first-order valence-electron chi connectivity index (χ1n) is 13.8. The smallest absolute Gasteiger partial charge is 0.0594 e. The molecule has 0 saturated heterocycles. The van der Waals surface area contributed by atoms with Crippen LogP contribution in [0.15, 0.2) is 12.2 Å². The maximum absolute atomic E-state index is 10.8. The summed E-state index contributed by atoms with van der Waals surface area (Å²) in [5.41, 5.74) is 2.36. The number of hydrogen-bond acceptors (Lipinski definition) is 1. The summed E-state index contributed by atoms with van der Waals surface area (Å²) >= 11 is 0. The van der Waals surface area contributed by atoms with E-state index in [-0.39, 0.29) is 11.5 Å². The summed E-state index contributed by atoms with van der Waals surface area (Å²) in [5, 5.41) is 10.8. The van der Waals surface area contributed by atoms with Gasteiger partial charge in [0.1, 0.15) is 0 Å². The minimum atomic E-state index is -0.0858. The first-order valence-corrected chi connectivity index (χ1v) is 13.8. The van der Waals surface area contributed by atoms with Crippen LogP contribution in [-0.4, -0.2) is 11.2 Å². The van der Waals surface area contributed by atoms with Gasteiger partial charge in [-0.1, -0.05) is 60.6 Å². The molecule has 9 atom stereocenters. The Kier molecular flexibility index (Phi) is 4.98. The Morgan fingerprint density at radius 1 is 0.806 bits per heavy atom. The summed E-state index contributed by atoms with van der Waals surface area (Å²) in [7, 11) is 0. The molecule has 0 aromatic rings. The lowest BCUT2D eigenvalue weighted by Crippen LogP contribution is -2.57. The van der Waals surface area contributed by atoms with E-state index < -0.39 is 0 Å². The van der Waals surface area contributed by atoms with E-state index in [2.05, 4.69) is 60.6 Å². The number of allylic oxidation sites excluding steroid dienone is 2. The van der Waals surface area contributed by atoms with Crippen LogP contribution in [0.3, 0.4) is 0 Å². The lowest BCUT2D eigenvalue weighted by Gasteiger charge is -2.63. The van der Waals surface area contributed by atoms with Gasteiger partial charge < -0.3 is 5.11 Å². The van der Waals surface area contributed by atoms with Crippen LogP contribution in [0.4, 0.5) is 0 Å². The van der Waals surface area contributed by atoms with Gasteiger partial charge in [0.15, 0.2) is 0 Å². The summed E-state index contributed by atoms with van der Waals surface area (Å²) in [6.07, 6.45) is 18.6. The van der Waals surface area contributed by atoms with Crippen LogP contribution >= 0.6 is 0 Å². The summed E-state index contributed by atoms with van der Waals surface area (Å²) in [5.74, 6) is 4.06. The highest BCUT2D eigenvalue weighted by atomic mass is 16.3. The van der Waals surface area contributed by atoms with Crippen molar-refractivity contribution in [2.75, 3.05) is 0 Å². The molecule has 31 heavy (non-hydrogen) atoms. The largest absolute Gasteiger partial charge is 0.393 e. The number of hydrogen-bond donors (Lipinski definition) is 1. The zero-order valence-corrected chi connectivity index (χ0v) is 21.6. The van der Waals surface area contributed by atoms with Gasteiger partial charge in [-0.25, -0.2) is 0 Å². The van der Waals surface area contributed by atoms with Gasteiger partial charge in [0, 0.05) is 0 Å². The summed E-state index contributed by atoms with van der Waals surface area (Å²) in [6, 6.07) is 0. The van der Waals surface area contributed by atoms with Gasteiger partial charge in [-0.05, 0) is 121 Å². The van der Waals surface area contributed by atoms with Crippen LogP contribution in [-0.2, 0) is 0 Å². The van der Waals surface area contributed by atoms with Crippen molar-refractivity contribution in [3.8, 4) is 0 Å². The number of rotatable bonds is 4. The third-order valence-corrected chi connectivity index (χ3v) is 12.9. The van der Waals surface area contributed by atoms with Gasteiger partial charge >= 0.3 is 0 Å². The van der Waals surface area contributed by atoms with Crippen molar-refractivity contribution < 1.29 is 5.11 Å². The van der Waals surface area contributed by atoms with Crippen molar-refractivity contribution in [1.82, 2.24) is 0 Å². The fourth-order valence-corrected chi connectivity index (χ4v) is 11.0. The molecular formula is C30H50O. The van der Waals surface area contributed by atoms with Gasteiger partial charge in [0.2, 0.25) is 0 Å². The van der Waals surface area contributed by atoms with Crippen LogP contribution in [0, 0.1) is 56.7 Å². The first-order chi connectivity index (χ1) is 14.4. The average Bonchev–Trinajstić information content (AvgIpc) is 3.27. The Balaban J connectivity index is 1.41. The Labute approximate surface area is 192 Å². The summed E-state index contributed by atoms with van der Waals surface area (Å²) < 4.78 is 0. The maximum atomic E-state index is 10.8.